The lowest BCUT2D eigenvalue weighted by atomic mass is 10.0. The smallest absolute Gasteiger partial charge is 0.273 e. The standard InChI is InChI=1S/C21H24N6O/c1-14-7-15(2)27(25-14)18-6-4-5-17(8-18)19-11-24-20(12-23-19)21(28)26(3)13-16-9-22-10-16/h4-8,11-12,16,22H,9-10,13H2,1-3H3. The van der Waals surface area contributed by atoms with Gasteiger partial charge in [-0.05, 0) is 32.0 Å². The van der Waals surface area contributed by atoms with Crippen LogP contribution in [0.25, 0.3) is 16.9 Å². The van der Waals surface area contributed by atoms with Gasteiger partial charge < -0.3 is 10.2 Å². The highest BCUT2D eigenvalue weighted by molar-refractivity contribution is 5.92. The van der Waals surface area contributed by atoms with Crippen LogP contribution in [-0.2, 0) is 0 Å². The van der Waals surface area contributed by atoms with E-state index in [4.69, 9.17) is 0 Å². The van der Waals surface area contributed by atoms with E-state index in [1.54, 1.807) is 17.3 Å². The lowest BCUT2D eigenvalue weighted by Gasteiger charge is -2.31. The first-order valence-corrected chi connectivity index (χ1v) is 9.43. The van der Waals surface area contributed by atoms with Gasteiger partial charge in [0.15, 0.2) is 0 Å². The number of nitrogens with one attached hydrogen (secondary N) is 1. The molecule has 0 atom stereocenters. The van der Waals surface area contributed by atoms with Crippen molar-refractivity contribution >= 4 is 5.91 Å². The maximum Gasteiger partial charge on any atom is 0.273 e. The number of hydrogen-bond donors (Lipinski definition) is 1. The summed E-state index contributed by atoms with van der Waals surface area (Å²) in [6, 6.07) is 10.0. The average molecular weight is 376 g/mol. The Balaban J connectivity index is 1.53. The fourth-order valence-corrected chi connectivity index (χ4v) is 3.42. The highest BCUT2D eigenvalue weighted by atomic mass is 16.2. The number of nitrogens with zero attached hydrogens (tertiary/aromatic N) is 5. The van der Waals surface area contributed by atoms with Crippen LogP contribution < -0.4 is 5.32 Å². The van der Waals surface area contributed by atoms with Crippen molar-refractivity contribution in [3.63, 3.8) is 0 Å². The van der Waals surface area contributed by atoms with Crippen molar-refractivity contribution in [2.75, 3.05) is 26.7 Å². The predicted molar refractivity (Wildman–Crippen MR) is 107 cm³/mol. The Morgan fingerprint density at radius 2 is 2.04 bits per heavy atom. The van der Waals surface area contributed by atoms with Crippen molar-refractivity contribution in [2.24, 2.45) is 5.92 Å². The van der Waals surface area contributed by atoms with Gasteiger partial charge in [0.05, 0.1) is 29.5 Å². The van der Waals surface area contributed by atoms with E-state index in [1.807, 2.05) is 55.9 Å². The molecule has 7 nitrogen and oxygen atoms in total. The van der Waals surface area contributed by atoms with Gasteiger partial charge in [-0.3, -0.25) is 9.78 Å². The van der Waals surface area contributed by atoms with Crippen molar-refractivity contribution in [1.82, 2.24) is 30.0 Å². The number of amides is 1. The van der Waals surface area contributed by atoms with Crippen LogP contribution in [-0.4, -0.2) is 57.2 Å². The van der Waals surface area contributed by atoms with Crippen molar-refractivity contribution in [1.29, 1.82) is 0 Å². The summed E-state index contributed by atoms with van der Waals surface area (Å²) < 4.78 is 1.91. The number of carbonyl (C=O) groups is 1. The first-order chi connectivity index (χ1) is 13.5. The molecule has 2 aromatic heterocycles. The molecule has 0 saturated carbocycles. The minimum atomic E-state index is -0.0951. The van der Waals surface area contributed by atoms with E-state index in [2.05, 4.69) is 20.4 Å². The van der Waals surface area contributed by atoms with Gasteiger partial charge in [0.2, 0.25) is 0 Å². The quantitative estimate of drug-likeness (QED) is 0.739. The zero-order chi connectivity index (χ0) is 19.7. The van der Waals surface area contributed by atoms with Crippen LogP contribution in [0.5, 0.6) is 0 Å². The fourth-order valence-electron chi connectivity index (χ4n) is 3.42. The fraction of sp³-hybridized carbons (Fsp3) is 0.333. The van der Waals surface area contributed by atoms with E-state index in [0.717, 1.165) is 48.0 Å². The Morgan fingerprint density at radius 1 is 1.21 bits per heavy atom. The van der Waals surface area contributed by atoms with Crippen LogP contribution in [0.2, 0.25) is 0 Å². The van der Waals surface area contributed by atoms with Crippen molar-refractivity contribution in [3.8, 4) is 16.9 Å². The third kappa shape index (κ3) is 3.66. The topological polar surface area (TPSA) is 75.9 Å². The molecule has 0 unspecified atom stereocenters. The number of aromatic nitrogens is 4. The minimum absolute atomic E-state index is 0.0951. The molecule has 1 amide bonds. The summed E-state index contributed by atoms with van der Waals surface area (Å²) in [7, 11) is 1.81. The van der Waals surface area contributed by atoms with E-state index >= 15 is 0 Å². The molecule has 7 heteroatoms. The van der Waals surface area contributed by atoms with Gasteiger partial charge in [-0.15, -0.1) is 0 Å². The van der Waals surface area contributed by atoms with Gasteiger partial charge in [0.25, 0.3) is 5.91 Å². The summed E-state index contributed by atoms with van der Waals surface area (Å²) in [6.45, 7) is 6.68. The molecule has 3 aromatic rings. The number of hydrogen-bond acceptors (Lipinski definition) is 5. The molecule has 1 N–H and O–H groups in total. The summed E-state index contributed by atoms with van der Waals surface area (Å²) in [6.07, 6.45) is 3.22. The number of carbonyl (C=O) groups excluding carboxylic acids is 1. The first-order valence-electron chi connectivity index (χ1n) is 9.43. The summed E-state index contributed by atoms with van der Waals surface area (Å²) >= 11 is 0. The van der Waals surface area contributed by atoms with Crippen LogP contribution in [0.3, 0.4) is 0 Å². The van der Waals surface area contributed by atoms with Crippen LogP contribution in [0.1, 0.15) is 21.9 Å². The van der Waals surface area contributed by atoms with Gasteiger partial charge >= 0.3 is 0 Å². The first kappa shape index (κ1) is 18.3. The second kappa shape index (κ2) is 7.52. The zero-order valence-electron chi connectivity index (χ0n) is 16.4. The third-order valence-electron chi connectivity index (χ3n) is 5.01. The molecule has 4 rings (SSSR count). The molecular formula is C21H24N6O. The highest BCUT2D eigenvalue weighted by Crippen LogP contribution is 2.21. The van der Waals surface area contributed by atoms with Crippen LogP contribution in [0.4, 0.5) is 0 Å². The molecule has 1 aliphatic rings. The molecule has 0 aliphatic carbocycles. The van der Waals surface area contributed by atoms with Crippen LogP contribution in [0, 0.1) is 19.8 Å². The molecule has 1 saturated heterocycles. The summed E-state index contributed by atoms with van der Waals surface area (Å²) in [5.41, 5.74) is 5.06. The van der Waals surface area contributed by atoms with Crippen LogP contribution in [0.15, 0.2) is 42.7 Å². The van der Waals surface area contributed by atoms with Gasteiger partial charge in [-0.2, -0.15) is 5.10 Å². The lowest BCUT2D eigenvalue weighted by molar-refractivity contribution is 0.0749. The third-order valence-corrected chi connectivity index (χ3v) is 5.01. The zero-order valence-corrected chi connectivity index (χ0v) is 16.4. The molecular weight excluding hydrogens is 352 g/mol. The minimum Gasteiger partial charge on any atom is -0.340 e. The predicted octanol–water partition coefficient (Wildman–Crippen LogP) is 2.24. The van der Waals surface area contributed by atoms with Gasteiger partial charge in [-0.1, -0.05) is 12.1 Å². The molecule has 1 aromatic carbocycles. The Morgan fingerprint density at radius 3 is 2.64 bits per heavy atom. The van der Waals surface area contributed by atoms with Gasteiger partial charge in [-0.25, -0.2) is 9.67 Å². The van der Waals surface area contributed by atoms with E-state index in [-0.39, 0.29) is 5.91 Å². The summed E-state index contributed by atoms with van der Waals surface area (Å²) in [5, 5.41) is 7.75. The Kier molecular flexibility index (Phi) is 4.92. The summed E-state index contributed by atoms with van der Waals surface area (Å²) in [4.78, 5) is 23.1. The Bertz CT molecular complexity index is 990. The normalized spacial score (nSPS) is 14.0. The number of rotatable bonds is 5. The van der Waals surface area contributed by atoms with E-state index in [9.17, 15) is 4.79 Å². The lowest BCUT2D eigenvalue weighted by Crippen LogP contribution is -2.48. The van der Waals surface area contributed by atoms with E-state index in [0.29, 0.717) is 11.6 Å². The SMILES string of the molecule is Cc1cc(C)n(-c2cccc(-c3cnc(C(=O)N(C)CC4CNC4)cn3)c2)n1. The van der Waals surface area contributed by atoms with Crippen molar-refractivity contribution in [2.45, 2.75) is 13.8 Å². The van der Waals surface area contributed by atoms with Gasteiger partial charge in [0.1, 0.15) is 5.69 Å². The molecule has 144 valence electrons. The highest BCUT2D eigenvalue weighted by Gasteiger charge is 2.22. The Hall–Kier alpha value is -3.06. The molecule has 3 heterocycles. The molecule has 0 spiro atoms. The van der Waals surface area contributed by atoms with E-state index in [1.165, 1.54) is 0 Å². The molecule has 1 fully saturated rings. The second-order valence-electron chi connectivity index (χ2n) is 7.39. The largest absolute Gasteiger partial charge is 0.340 e. The number of aryl methyl sites for hydroxylation is 2. The van der Waals surface area contributed by atoms with Crippen molar-refractivity contribution in [3.05, 3.63) is 59.8 Å². The van der Waals surface area contributed by atoms with Crippen molar-refractivity contribution < 1.29 is 4.79 Å². The maximum atomic E-state index is 12.5. The maximum absolute atomic E-state index is 12.5. The molecule has 28 heavy (non-hydrogen) atoms. The van der Waals surface area contributed by atoms with Gasteiger partial charge in [0, 0.05) is 43.9 Å². The molecule has 0 bridgehead atoms. The average Bonchev–Trinajstić information content (AvgIpc) is 3.02. The Labute approximate surface area is 164 Å². The monoisotopic (exact) mass is 376 g/mol. The van der Waals surface area contributed by atoms with E-state index < -0.39 is 0 Å². The summed E-state index contributed by atoms with van der Waals surface area (Å²) in [5.74, 6) is 0.431. The molecule has 0 radical (unpaired) electrons. The second-order valence-corrected chi connectivity index (χ2v) is 7.39. The van der Waals surface area contributed by atoms with Crippen LogP contribution >= 0.6 is 0 Å². The molecule has 1 aliphatic heterocycles. The number of benzene rings is 1.